The Bertz CT molecular complexity index is 632. The fourth-order valence-electron chi connectivity index (χ4n) is 2.07. The lowest BCUT2D eigenvalue weighted by atomic mass is 10.1. The van der Waals surface area contributed by atoms with Crippen molar-refractivity contribution in [3.8, 4) is 5.75 Å². The van der Waals surface area contributed by atoms with E-state index in [1.807, 2.05) is 37.3 Å². The summed E-state index contributed by atoms with van der Waals surface area (Å²) in [7, 11) is 1.62. The van der Waals surface area contributed by atoms with Gasteiger partial charge < -0.3 is 15.0 Å². The molecule has 1 aromatic heterocycles. The van der Waals surface area contributed by atoms with Crippen LogP contribution in [-0.2, 0) is 13.1 Å². The molecule has 0 spiro atoms. The van der Waals surface area contributed by atoms with Gasteiger partial charge in [0.15, 0.2) is 0 Å². The van der Waals surface area contributed by atoms with Gasteiger partial charge in [-0.05, 0) is 30.7 Å². The van der Waals surface area contributed by atoms with Gasteiger partial charge in [0.05, 0.1) is 13.7 Å². The number of hydrogen-bond acceptors (Lipinski definition) is 3. The molecule has 4 nitrogen and oxygen atoms in total. The normalized spacial score (nSPS) is 10.5. The standard InChI is InChI=1S/C15H18N2O2/c1-11-4-3-7-17(15(11)18)10-12-5-6-14(19-2)13(8-12)9-16/h3-8H,9-10,16H2,1-2H3. The van der Waals surface area contributed by atoms with E-state index in [9.17, 15) is 4.79 Å². The first-order valence-corrected chi connectivity index (χ1v) is 6.17. The van der Waals surface area contributed by atoms with Gasteiger partial charge in [-0.2, -0.15) is 0 Å². The van der Waals surface area contributed by atoms with Gasteiger partial charge in [-0.25, -0.2) is 0 Å². The Kier molecular flexibility index (Phi) is 4.02. The van der Waals surface area contributed by atoms with E-state index in [2.05, 4.69) is 0 Å². The molecule has 0 radical (unpaired) electrons. The molecule has 4 heteroatoms. The Balaban J connectivity index is 2.33. The number of aryl methyl sites for hydroxylation is 1. The van der Waals surface area contributed by atoms with Crippen molar-refractivity contribution in [2.24, 2.45) is 5.73 Å². The van der Waals surface area contributed by atoms with Crippen molar-refractivity contribution in [3.05, 3.63) is 63.6 Å². The zero-order valence-electron chi connectivity index (χ0n) is 11.2. The molecule has 0 atom stereocenters. The van der Waals surface area contributed by atoms with Crippen LogP contribution >= 0.6 is 0 Å². The van der Waals surface area contributed by atoms with Gasteiger partial charge in [0.25, 0.3) is 5.56 Å². The van der Waals surface area contributed by atoms with Crippen LogP contribution in [-0.4, -0.2) is 11.7 Å². The molecule has 2 rings (SSSR count). The van der Waals surface area contributed by atoms with E-state index in [0.29, 0.717) is 13.1 Å². The molecule has 2 aromatic rings. The quantitative estimate of drug-likeness (QED) is 0.907. The zero-order chi connectivity index (χ0) is 13.8. The second kappa shape index (κ2) is 5.71. The molecule has 0 aliphatic rings. The molecule has 0 unspecified atom stereocenters. The average molecular weight is 258 g/mol. The van der Waals surface area contributed by atoms with E-state index in [1.165, 1.54) is 0 Å². The summed E-state index contributed by atoms with van der Waals surface area (Å²) >= 11 is 0. The third-order valence-electron chi connectivity index (χ3n) is 3.13. The van der Waals surface area contributed by atoms with E-state index < -0.39 is 0 Å². The molecule has 0 aliphatic carbocycles. The summed E-state index contributed by atoms with van der Waals surface area (Å²) in [6.45, 7) is 2.77. The summed E-state index contributed by atoms with van der Waals surface area (Å²) in [6.07, 6.45) is 1.79. The van der Waals surface area contributed by atoms with Gasteiger partial charge >= 0.3 is 0 Å². The summed E-state index contributed by atoms with van der Waals surface area (Å²) in [5, 5.41) is 0. The van der Waals surface area contributed by atoms with Crippen LogP contribution in [0.15, 0.2) is 41.3 Å². The summed E-state index contributed by atoms with van der Waals surface area (Å²) in [6, 6.07) is 9.51. The Hall–Kier alpha value is -2.07. The van der Waals surface area contributed by atoms with Crippen LogP contribution < -0.4 is 16.0 Å². The Morgan fingerprint density at radius 3 is 2.79 bits per heavy atom. The monoisotopic (exact) mass is 258 g/mol. The van der Waals surface area contributed by atoms with Gasteiger partial charge in [0, 0.05) is 23.9 Å². The molecule has 0 aliphatic heterocycles. The molecule has 19 heavy (non-hydrogen) atoms. The van der Waals surface area contributed by atoms with Crippen molar-refractivity contribution >= 4 is 0 Å². The van der Waals surface area contributed by atoms with Gasteiger partial charge in [0.2, 0.25) is 0 Å². The Morgan fingerprint density at radius 1 is 1.32 bits per heavy atom. The molecule has 0 saturated heterocycles. The fourth-order valence-corrected chi connectivity index (χ4v) is 2.07. The van der Waals surface area contributed by atoms with Crippen LogP contribution in [0.3, 0.4) is 0 Å². The van der Waals surface area contributed by atoms with Crippen LogP contribution in [0.1, 0.15) is 16.7 Å². The minimum absolute atomic E-state index is 0.0348. The predicted molar refractivity (Wildman–Crippen MR) is 75.4 cm³/mol. The highest BCUT2D eigenvalue weighted by molar-refractivity contribution is 5.37. The van der Waals surface area contributed by atoms with Crippen LogP contribution in [0.5, 0.6) is 5.75 Å². The van der Waals surface area contributed by atoms with Gasteiger partial charge in [-0.15, -0.1) is 0 Å². The highest BCUT2D eigenvalue weighted by Gasteiger charge is 2.05. The maximum Gasteiger partial charge on any atom is 0.253 e. The first-order valence-electron chi connectivity index (χ1n) is 6.17. The first-order chi connectivity index (χ1) is 9.15. The van der Waals surface area contributed by atoms with Crippen molar-refractivity contribution in [1.82, 2.24) is 4.57 Å². The zero-order valence-corrected chi connectivity index (χ0v) is 11.2. The number of benzene rings is 1. The first kappa shape index (κ1) is 13.4. The van der Waals surface area contributed by atoms with Crippen molar-refractivity contribution in [1.29, 1.82) is 0 Å². The molecular formula is C15H18N2O2. The molecule has 100 valence electrons. The number of aromatic nitrogens is 1. The second-order valence-corrected chi connectivity index (χ2v) is 4.47. The molecule has 1 aromatic carbocycles. The van der Waals surface area contributed by atoms with Gasteiger partial charge in [-0.3, -0.25) is 4.79 Å². The van der Waals surface area contributed by atoms with Crippen LogP contribution in [0, 0.1) is 6.92 Å². The minimum Gasteiger partial charge on any atom is -0.496 e. The van der Waals surface area contributed by atoms with Crippen LogP contribution in [0.25, 0.3) is 0 Å². The number of pyridine rings is 1. The van der Waals surface area contributed by atoms with Crippen molar-refractivity contribution in [2.45, 2.75) is 20.0 Å². The van der Waals surface area contributed by atoms with Gasteiger partial charge in [0.1, 0.15) is 5.75 Å². The maximum absolute atomic E-state index is 12.0. The van der Waals surface area contributed by atoms with E-state index in [0.717, 1.165) is 22.4 Å². The third-order valence-corrected chi connectivity index (χ3v) is 3.13. The minimum atomic E-state index is 0.0348. The fraction of sp³-hybridized carbons (Fsp3) is 0.267. The number of nitrogens with zero attached hydrogens (tertiary/aromatic N) is 1. The summed E-state index contributed by atoms with van der Waals surface area (Å²) in [5.41, 5.74) is 8.46. The summed E-state index contributed by atoms with van der Waals surface area (Å²) < 4.78 is 6.93. The molecule has 0 saturated carbocycles. The van der Waals surface area contributed by atoms with E-state index in [4.69, 9.17) is 10.5 Å². The lowest BCUT2D eigenvalue weighted by Gasteiger charge is -2.11. The van der Waals surface area contributed by atoms with Gasteiger partial charge in [-0.1, -0.05) is 12.1 Å². The van der Waals surface area contributed by atoms with Crippen LogP contribution in [0.4, 0.5) is 0 Å². The molecule has 0 amide bonds. The van der Waals surface area contributed by atoms with Crippen molar-refractivity contribution < 1.29 is 4.74 Å². The summed E-state index contributed by atoms with van der Waals surface area (Å²) in [5.74, 6) is 0.780. The van der Waals surface area contributed by atoms with Crippen molar-refractivity contribution in [2.75, 3.05) is 7.11 Å². The number of nitrogens with two attached hydrogens (primary N) is 1. The highest BCUT2D eigenvalue weighted by Crippen LogP contribution is 2.19. The maximum atomic E-state index is 12.0. The van der Waals surface area contributed by atoms with Crippen LogP contribution in [0.2, 0.25) is 0 Å². The lowest BCUT2D eigenvalue weighted by molar-refractivity contribution is 0.409. The highest BCUT2D eigenvalue weighted by atomic mass is 16.5. The SMILES string of the molecule is COc1ccc(Cn2cccc(C)c2=O)cc1CN. The van der Waals surface area contributed by atoms with Crippen molar-refractivity contribution in [3.63, 3.8) is 0 Å². The predicted octanol–water partition coefficient (Wildman–Crippen LogP) is 1.67. The third kappa shape index (κ3) is 2.85. The van der Waals surface area contributed by atoms with E-state index in [1.54, 1.807) is 17.9 Å². The molecule has 0 bridgehead atoms. The van der Waals surface area contributed by atoms with E-state index in [-0.39, 0.29) is 5.56 Å². The average Bonchev–Trinajstić information content (AvgIpc) is 2.43. The lowest BCUT2D eigenvalue weighted by Crippen LogP contribution is -2.21. The van der Waals surface area contributed by atoms with E-state index >= 15 is 0 Å². The smallest absolute Gasteiger partial charge is 0.253 e. The molecule has 0 fully saturated rings. The number of rotatable bonds is 4. The largest absolute Gasteiger partial charge is 0.496 e. The number of hydrogen-bond donors (Lipinski definition) is 1. The Morgan fingerprint density at radius 2 is 2.11 bits per heavy atom. The Labute approximate surface area is 112 Å². The molecule has 1 heterocycles. The molecule has 2 N–H and O–H groups in total. The number of ether oxygens (including phenoxy) is 1. The number of methoxy groups -OCH3 is 1. The topological polar surface area (TPSA) is 57.2 Å². The summed E-state index contributed by atoms with van der Waals surface area (Å²) in [4.78, 5) is 12.0. The second-order valence-electron chi connectivity index (χ2n) is 4.47. The molecular weight excluding hydrogens is 240 g/mol.